The lowest BCUT2D eigenvalue weighted by Crippen LogP contribution is -2.30. The summed E-state index contributed by atoms with van der Waals surface area (Å²) in [5.41, 5.74) is 0. The molecule has 0 aromatic carbocycles. The molecule has 0 aliphatic rings. The van der Waals surface area contributed by atoms with Crippen molar-refractivity contribution in [3.8, 4) is 0 Å². The van der Waals surface area contributed by atoms with Crippen molar-refractivity contribution >= 4 is 39.5 Å². The molecule has 0 spiro atoms. The number of hydrogen-bond acceptors (Lipinski definition) is 15. The largest absolute Gasteiger partial charge is 0.472 e. The van der Waals surface area contributed by atoms with Gasteiger partial charge < -0.3 is 33.8 Å². The van der Waals surface area contributed by atoms with Crippen LogP contribution in [0.2, 0.25) is 0 Å². The van der Waals surface area contributed by atoms with Crippen LogP contribution in [0.1, 0.15) is 497 Å². The molecule has 2 unspecified atom stereocenters. The summed E-state index contributed by atoms with van der Waals surface area (Å²) in [7, 11) is -9.93. The Bertz CT molecular complexity index is 2080. The molecule has 0 radical (unpaired) electrons. The van der Waals surface area contributed by atoms with E-state index in [0.717, 1.165) is 95.8 Å². The van der Waals surface area contributed by atoms with Crippen LogP contribution in [0.15, 0.2) is 0 Å². The number of rotatable bonds is 91. The van der Waals surface area contributed by atoms with Crippen LogP contribution < -0.4 is 0 Å². The van der Waals surface area contributed by atoms with Gasteiger partial charge in [-0.25, -0.2) is 9.13 Å². The van der Waals surface area contributed by atoms with E-state index in [2.05, 4.69) is 34.6 Å². The van der Waals surface area contributed by atoms with Crippen molar-refractivity contribution in [2.75, 3.05) is 39.6 Å². The summed E-state index contributed by atoms with van der Waals surface area (Å²) in [4.78, 5) is 73.3. The first-order valence-corrected chi connectivity index (χ1v) is 50.1. The van der Waals surface area contributed by atoms with E-state index in [1.807, 2.05) is 0 Å². The minimum absolute atomic E-state index is 0.108. The molecule has 0 saturated heterocycles. The van der Waals surface area contributed by atoms with Crippen LogP contribution in [-0.2, 0) is 65.4 Å². The number of carbonyl (C=O) groups is 4. The maximum atomic E-state index is 13.2. The van der Waals surface area contributed by atoms with E-state index in [1.165, 1.54) is 321 Å². The highest BCUT2D eigenvalue weighted by Crippen LogP contribution is 2.45. The molecule has 0 aromatic rings. The van der Waals surface area contributed by atoms with E-state index >= 15 is 0 Å². The van der Waals surface area contributed by atoms with Gasteiger partial charge in [-0.15, -0.1) is 0 Å². The number of aliphatic hydroxyl groups excluding tert-OH is 1. The van der Waals surface area contributed by atoms with Crippen LogP contribution in [0.5, 0.6) is 0 Å². The lowest BCUT2D eigenvalue weighted by atomic mass is 10.0. The third-order valence-corrected chi connectivity index (χ3v) is 23.4. The number of ether oxygens (including phenoxy) is 4. The van der Waals surface area contributed by atoms with Crippen LogP contribution >= 0.6 is 15.6 Å². The monoisotopic (exact) mass is 1610 g/mol. The van der Waals surface area contributed by atoms with E-state index < -0.39 is 97.5 Å². The van der Waals surface area contributed by atoms with Gasteiger partial charge >= 0.3 is 39.5 Å². The van der Waals surface area contributed by atoms with Gasteiger partial charge in [0.15, 0.2) is 12.2 Å². The number of hydrogen-bond donors (Lipinski definition) is 3. The molecule has 0 amide bonds. The Labute approximate surface area is 677 Å². The number of carbonyl (C=O) groups excluding carboxylic acids is 4. The molecule has 0 aromatic heterocycles. The molecule has 19 heteroatoms. The Kier molecular flexibility index (Phi) is 82.1. The zero-order chi connectivity index (χ0) is 80.4. The van der Waals surface area contributed by atoms with Crippen molar-refractivity contribution in [2.45, 2.75) is 515 Å². The molecule has 0 saturated carbocycles. The SMILES string of the molecule is CCCCCCCCCCCCCCCCCCCCCCCCC(=O)OC[C@H](COP(=O)(O)OC[C@@H](O)COP(=O)(O)OC[C@@H](COC(=O)CCCCCCCCCCCC)OC(=O)CCCCCCCCCCCCCCCC(C)C)OC(=O)CCCCCCCCCCCCCCCCCCCCCCCC. The summed E-state index contributed by atoms with van der Waals surface area (Å²) >= 11 is 0. The first kappa shape index (κ1) is 108. The molecule has 3 N–H and O–H groups in total. The van der Waals surface area contributed by atoms with Gasteiger partial charge in [0.05, 0.1) is 26.4 Å². The average molecular weight is 1610 g/mol. The molecular weight excluding hydrogens is 1430 g/mol. The highest BCUT2D eigenvalue weighted by molar-refractivity contribution is 7.47. The van der Waals surface area contributed by atoms with Crippen molar-refractivity contribution < 1.29 is 80.2 Å². The molecule has 17 nitrogen and oxygen atoms in total. The second kappa shape index (κ2) is 83.5. The van der Waals surface area contributed by atoms with Gasteiger partial charge in [-0.2, -0.15) is 0 Å². The van der Waals surface area contributed by atoms with Crippen LogP contribution in [0.25, 0.3) is 0 Å². The minimum Gasteiger partial charge on any atom is -0.462 e. The summed E-state index contributed by atoms with van der Waals surface area (Å²) in [5.74, 6) is -1.31. The van der Waals surface area contributed by atoms with Gasteiger partial charge in [-0.05, 0) is 31.6 Å². The van der Waals surface area contributed by atoms with Crippen LogP contribution in [0.4, 0.5) is 0 Å². The van der Waals surface area contributed by atoms with Crippen molar-refractivity contribution in [1.29, 1.82) is 0 Å². The van der Waals surface area contributed by atoms with E-state index in [0.29, 0.717) is 25.7 Å². The Morgan fingerprint density at radius 3 is 0.618 bits per heavy atom. The Balaban J connectivity index is 5.20. The number of phosphoric ester groups is 2. The quantitative estimate of drug-likeness (QED) is 0.0222. The van der Waals surface area contributed by atoms with Crippen molar-refractivity contribution in [3.63, 3.8) is 0 Å². The number of unbranched alkanes of at least 4 members (excludes halogenated alkanes) is 63. The van der Waals surface area contributed by atoms with Crippen LogP contribution in [0.3, 0.4) is 0 Å². The third-order valence-electron chi connectivity index (χ3n) is 21.5. The number of esters is 4. The molecule has 0 fully saturated rings. The van der Waals surface area contributed by atoms with E-state index in [-0.39, 0.29) is 25.7 Å². The van der Waals surface area contributed by atoms with Gasteiger partial charge in [0.1, 0.15) is 19.3 Å². The summed E-state index contributed by atoms with van der Waals surface area (Å²) in [5, 5.41) is 10.7. The Morgan fingerprint density at radius 1 is 0.245 bits per heavy atom. The van der Waals surface area contributed by atoms with Crippen molar-refractivity contribution in [2.24, 2.45) is 5.92 Å². The summed E-state index contributed by atoms with van der Waals surface area (Å²) in [6.07, 6.45) is 79.4. The first-order chi connectivity index (χ1) is 53.5. The van der Waals surface area contributed by atoms with Crippen LogP contribution in [-0.4, -0.2) is 96.7 Å². The fourth-order valence-electron chi connectivity index (χ4n) is 14.4. The zero-order valence-corrected chi connectivity index (χ0v) is 74.2. The third kappa shape index (κ3) is 84.0. The molecule has 0 aliphatic carbocycles. The predicted octanol–water partition coefficient (Wildman–Crippen LogP) is 28.3. The van der Waals surface area contributed by atoms with Gasteiger partial charge in [-0.3, -0.25) is 37.3 Å². The summed E-state index contributed by atoms with van der Waals surface area (Å²) < 4.78 is 69.0. The molecule has 0 heterocycles. The van der Waals surface area contributed by atoms with Gasteiger partial charge in [-0.1, -0.05) is 446 Å². The topological polar surface area (TPSA) is 237 Å². The summed E-state index contributed by atoms with van der Waals surface area (Å²) in [6, 6.07) is 0. The van der Waals surface area contributed by atoms with Gasteiger partial charge in [0.25, 0.3) is 0 Å². The normalized spacial score (nSPS) is 13.7. The molecular formula is C91H178O17P2. The average Bonchev–Trinajstić information content (AvgIpc) is 0.899. The highest BCUT2D eigenvalue weighted by atomic mass is 31.2. The van der Waals surface area contributed by atoms with E-state index in [9.17, 15) is 43.2 Å². The Morgan fingerprint density at radius 2 is 0.418 bits per heavy atom. The highest BCUT2D eigenvalue weighted by Gasteiger charge is 2.31. The maximum absolute atomic E-state index is 13.2. The Hall–Kier alpha value is -1.94. The minimum atomic E-state index is -4.97. The second-order valence-electron chi connectivity index (χ2n) is 33.2. The maximum Gasteiger partial charge on any atom is 0.472 e. The summed E-state index contributed by atoms with van der Waals surface area (Å²) in [6.45, 7) is 7.39. The lowest BCUT2D eigenvalue weighted by Gasteiger charge is -2.21. The lowest BCUT2D eigenvalue weighted by molar-refractivity contribution is -0.161. The fraction of sp³-hybridized carbons (Fsp3) is 0.956. The number of phosphoric acid groups is 2. The molecule has 5 atom stereocenters. The molecule has 0 bridgehead atoms. The second-order valence-corrected chi connectivity index (χ2v) is 36.1. The predicted molar refractivity (Wildman–Crippen MR) is 455 cm³/mol. The van der Waals surface area contributed by atoms with Gasteiger partial charge in [0.2, 0.25) is 0 Å². The fourth-order valence-corrected chi connectivity index (χ4v) is 15.9. The zero-order valence-electron chi connectivity index (χ0n) is 72.4. The molecule has 654 valence electrons. The molecule has 110 heavy (non-hydrogen) atoms. The standard InChI is InChI=1S/C91H178O17P2/c1-6-9-12-15-18-21-24-26-28-30-32-34-36-38-40-42-46-50-55-60-65-70-75-89(94)102-81-87(108-90(95)76-71-66-61-56-51-47-43-41-39-37-35-33-31-29-27-25-22-19-16-13-10-7-2)83-106-110(99,100)104-79-85(92)78-103-109(97,98)105-82-86(80-101-88(93)74-69-64-59-54-23-20-17-14-11-8-3)107-91(96)77-72-67-62-57-52-48-44-45-49-53-58-63-68-73-84(4)5/h84-87,92H,6-83H2,1-5H3,(H,97,98)(H,99,100)/t85-,86+,87+/m0/s1. The smallest absolute Gasteiger partial charge is 0.462 e. The van der Waals surface area contributed by atoms with E-state index in [4.69, 9.17) is 37.0 Å². The van der Waals surface area contributed by atoms with Crippen molar-refractivity contribution in [1.82, 2.24) is 0 Å². The number of aliphatic hydroxyl groups is 1. The first-order valence-electron chi connectivity index (χ1n) is 47.1. The molecule has 0 aliphatic heterocycles. The molecule has 0 rings (SSSR count). The van der Waals surface area contributed by atoms with Crippen molar-refractivity contribution in [3.05, 3.63) is 0 Å². The van der Waals surface area contributed by atoms with E-state index in [1.54, 1.807) is 0 Å². The van der Waals surface area contributed by atoms with Crippen LogP contribution in [0, 0.1) is 5.92 Å². The van der Waals surface area contributed by atoms with Gasteiger partial charge in [0, 0.05) is 25.7 Å².